The van der Waals surface area contributed by atoms with Gasteiger partial charge in [0.05, 0.1) is 19.2 Å². The molecule has 2 aromatic carbocycles. The van der Waals surface area contributed by atoms with Gasteiger partial charge in [0.15, 0.2) is 0 Å². The van der Waals surface area contributed by atoms with Crippen molar-refractivity contribution >= 4 is 23.5 Å². The average molecular weight is 406 g/mol. The highest BCUT2D eigenvalue weighted by molar-refractivity contribution is 6.31. The first-order chi connectivity index (χ1) is 13.3. The standard InChI is InChI=1S/C21H18ClF2NO3/c1-12-20(21(27)28-2)17(16-5-3-4-6-18(16)22)10-19(26)25(12)11-13-7-14(23)9-15(24)8-13/h3-9,17H,10-11H2,1-2H3/t17-/m0/s1. The summed E-state index contributed by atoms with van der Waals surface area (Å²) < 4.78 is 32.0. The van der Waals surface area contributed by atoms with Crippen LogP contribution in [0, 0.1) is 11.6 Å². The molecule has 3 rings (SSSR count). The van der Waals surface area contributed by atoms with Crippen LogP contribution >= 0.6 is 11.6 Å². The summed E-state index contributed by atoms with van der Waals surface area (Å²) in [6.45, 7) is 1.55. The first kappa shape index (κ1) is 20.0. The van der Waals surface area contributed by atoms with Crippen LogP contribution in [-0.4, -0.2) is 23.9 Å². The van der Waals surface area contributed by atoms with E-state index in [1.807, 2.05) is 0 Å². The number of ether oxygens (including phenoxy) is 1. The van der Waals surface area contributed by atoms with E-state index < -0.39 is 23.5 Å². The molecule has 28 heavy (non-hydrogen) atoms. The van der Waals surface area contributed by atoms with Gasteiger partial charge in [-0.2, -0.15) is 0 Å². The van der Waals surface area contributed by atoms with Crippen LogP contribution < -0.4 is 0 Å². The van der Waals surface area contributed by atoms with Crippen molar-refractivity contribution in [1.29, 1.82) is 0 Å². The third-order valence-corrected chi connectivity index (χ3v) is 5.12. The molecule has 0 bridgehead atoms. The van der Waals surface area contributed by atoms with E-state index >= 15 is 0 Å². The molecule has 7 heteroatoms. The molecule has 0 radical (unpaired) electrons. The summed E-state index contributed by atoms with van der Waals surface area (Å²) in [5, 5.41) is 0.440. The molecule has 0 saturated carbocycles. The molecule has 0 spiro atoms. The highest BCUT2D eigenvalue weighted by Gasteiger charge is 2.37. The van der Waals surface area contributed by atoms with E-state index in [-0.39, 0.29) is 24.4 Å². The minimum atomic E-state index is -0.733. The Kier molecular flexibility index (Phi) is 5.79. The zero-order valence-electron chi connectivity index (χ0n) is 15.3. The number of carbonyl (C=O) groups is 2. The minimum Gasteiger partial charge on any atom is -0.466 e. The average Bonchev–Trinajstić information content (AvgIpc) is 2.64. The molecule has 0 saturated heterocycles. The molecule has 2 aromatic rings. The molecule has 1 atom stereocenters. The van der Waals surface area contributed by atoms with Crippen molar-refractivity contribution in [2.24, 2.45) is 0 Å². The molecule has 146 valence electrons. The lowest BCUT2D eigenvalue weighted by Gasteiger charge is -2.34. The van der Waals surface area contributed by atoms with Crippen molar-refractivity contribution in [1.82, 2.24) is 4.90 Å². The predicted molar refractivity (Wildman–Crippen MR) is 100 cm³/mol. The largest absolute Gasteiger partial charge is 0.466 e. The molecular weight excluding hydrogens is 388 g/mol. The Bertz CT molecular complexity index is 954. The molecule has 0 unspecified atom stereocenters. The molecule has 1 amide bonds. The molecule has 1 aliphatic rings. The lowest BCUT2D eigenvalue weighted by molar-refractivity contribution is -0.138. The van der Waals surface area contributed by atoms with Crippen LogP contribution in [-0.2, 0) is 20.9 Å². The van der Waals surface area contributed by atoms with Gasteiger partial charge in [0.25, 0.3) is 0 Å². The predicted octanol–water partition coefficient (Wildman–Crippen LogP) is 4.58. The topological polar surface area (TPSA) is 46.6 Å². The highest BCUT2D eigenvalue weighted by atomic mass is 35.5. The Hall–Kier alpha value is -2.73. The van der Waals surface area contributed by atoms with E-state index in [1.165, 1.54) is 12.0 Å². The maximum absolute atomic E-state index is 13.5. The normalized spacial score (nSPS) is 17.1. The van der Waals surface area contributed by atoms with Gasteiger partial charge in [-0.3, -0.25) is 4.79 Å². The number of carbonyl (C=O) groups excluding carboxylic acids is 2. The number of hydrogen-bond donors (Lipinski definition) is 0. The maximum Gasteiger partial charge on any atom is 0.336 e. The van der Waals surface area contributed by atoms with Crippen molar-refractivity contribution in [3.63, 3.8) is 0 Å². The van der Waals surface area contributed by atoms with Gasteiger partial charge < -0.3 is 9.64 Å². The third-order valence-electron chi connectivity index (χ3n) is 4.77. The van der Waals surface area contributed by atoms with Crippen molar-refractivity contribution in [2.45, 2.75) is 25.8 Å². The summed E-state index contributed by atoms with van der Waals surface area (Å²) in [6.07, 6.45) is -0.0106. The Morgan fingerprint density at radius 1 is 1.21 bits per heavy atom. The fourth-order valence-corrected chi connectivity index (χ4v) is 3.75. The van der Waals surface area contributed by atoms with E-state index in [0.717, 1.165) is 18.2 Å². The zero-order valence-corrected chi connectivity index (χ0v) is 16.1. The van der Waals surface area contributed by atoms with Crippen LogP contribution in [0.3, 0.4) is 0 Å². The summed E-state index contributed by atoms with van der Waals surface area (Å²) in [7, 11) is 1.26. The number of amides is 1. The van der Waals surface area contributed by atoms with E-state index in [4.69, 9.17) is 16.3 Å². The van der Waals surface area contributed by atoms with Gasteiger partial charge in [0, 0.05) is 29.1 Å². The first-order valence-electron chi connectivity index (χ1n) is 8.60. The Morgan fingerprint density at radius 2 is 1.86 bits per heavy atom. The second-order valence-corrected chi connectivity index (χ2v) is 6.93. The first-order valence-corrected chi connectivity index (χ1v) is 8.98. The molecule has 1 heterocycles. The van der Waals surface area contributed by atoms with Gasteiger partial charge in [-0.1, -0.05) is 29.8 Å². The lowest BCUT2D eigenvalue weighted by Crippen LogP contribution is -2.38. The fraction of sp³-hybridized carbons (Fsp3) is 0.238. The van der Waals surface area contributed by atoms with E-state index in [2.05, 4.69) is 0 Å². The number of nitrogens with zero attached hydrogens (tertiary/aromatic N) is 1. The van der Waals surface area contributed by atoms with Gasteiger partial charge in [0.2, 0.25) is 5.91 Å². The van der Waals surface area contributed by atoms with Crippen molar-refractivity contribution in [3.05, 3.63) is 81.5 Å². The smallest absolute Gasteiger partial charge is 0.336 e. The van der Waals surface area contributed by atoms with Gasteiger partial charge in [-0.25, -0.2) is 13.6 Å². The van der Waals surface area contributed by atoms with Crippen molar-refractivity contribution < 1.29 is 23.1 Å². The van der Waals surface area contributed by atoms with Crippen molar-refractivity contribution in [2.75, 3.05) is 7.11 Å². The zero-order chi connectivity index (χ0) is 20.4. The summed E-state index contributed by atoms with van der Waals surface area (Å²) >= 11 is 6.28. The quantitative estimate of drug-likeness (QED) is 0.699. The minimum absolute atomic E-state index is 0.0106. The van der Waals surface area contributed by atoms with Crippen LogP contribution in [0.4, 0.5) is 8.78 Å². The molecular formula is C21H18ClF2NO3. The number of halogens is 3. The summed E-state index contributed by atoms with van der Waals surface area (Å²) in [6, 6.07) is 10.1. The summed E-state index contributed by atoms with van der Waals surface area (Å²) in [5.41, 5.74) is 1.60. The maximum atomic E-state index is 13.5. The van der Waals surface area contributed by atoms with Crippen LogP contribution in [0.5, 0.6) is 0 Å². The fourth-order valence-electron chi connectivity index (χ4n) is 3.49. The van der Waals surface area contributed by atoms with Crippen molar-refractivity contribution in [3.8, 4) is 0 Å². The molecule has 0 aliphatic carbocycles. The summed E-state index contributed by atoms with van der Waals surface area (Å²) in [5.74, 6) is -2.88. The number of methoxy groups -OCH3 is 1. The Balaban J connectivity index is 2.06. The molecule has 4 nitrogen and oxygen atoms in total. The molecule has 0 fully saturated rings. The van der Waals surface area contributed by atoms with Crippen LogP contribution in [0.15, 0.2) is 53.7 Å². The number of allylic oxidation sites excluding steroid dienone is 1. The molecule has 0 N–H and O–H groups in total. The van der Waals surface area contributed by atoms with E-state index in [0.29, 0.717) is 21.9 Å². The summed E-state index contributed by atoms with van der Waals surface area (Å²) in [4.78, 5) is 26.7. The second-order valence-electron chi connectivity index (χ2n) is 6.53. The lowest BCUT2D eigenvalue weighted by atomic mass is 9.83. The SMILES string of the molecule is COC(=O)C1=C(C)N(Cc2cc(F)cc(F)c2)C(=O)C[C@H]1c1ccccc1Cl. The van der Waals surface area contributed by atoms with Gasteiger partial charge in [-0.05, 0) is 36.2 Å². The van der Waals surface area contributed by atoms with Gasteiger partial charge >= 0.3 is 5.97 Å². The van der Waals surface area contributed by atoms with Gasteiger partial charge in [0.1, 0.15) is 11.6 Å². The molecule has 1 aliphatic heterocycles. The van der Waals surface area contributed by atoms with E-state index in [1.54, 1.807) is 31.2 Å². The highest BCUT2D eigenvalue weighted by Crippen LogP contribution is 2.40. The monoisotopic (exact) mass is 405 g/mol. The molecule has 0 aromatic heterocycles. The van der Waals surface area contributed by atoms with Crippen LogP contribution in [0.2, 0.25) is 5.02 Å². The number of esters is 1. The number of hydrogen-bond acceptors (Lipinski definition) is 3. The third kappa shape index (κ3) is 3.92. The van der Waals surface area contributed by atoms with Crippen LogP contribution in [0.1, 0.15) is 30.4 Å². The Morgan fingerprint density at radius 3 is 2.46 bits per heavy atom. The second kappa shape index (κ2) is 8.10. The number of benzene rings is 2. The van der Waals surface area contributed by atoms with Gasteiger partial charge in [-0.15, -0.1) is 0 Å². The Labute approximate surface area is 166 Å². The van der Waals surface area contributed by atoms with E-state index in [9.17, 15) is 18.4 Å². The number of rotatable bonds is 4. The van der Waals surface area contributed by atoms with Crippen LogP contribution in [0.25, 0.3) is 0 Å².